The second-order valence-corrected chi connectivity index (χ2v) is 9.48. The number of rotatable bonds is 5. The highest BCUT2D eigenvalue weighted by Gasteiger charge is 2.74. The molecule has 5 aromatic rings. The second-order valence-electron chi connectivity index (χ2n) is 9.48. The summed E-state index contributed by atoms with van der Waals surface area (Å²) in [5.41, 5.74) is 1.32. The first kappa shape index (κ1) is 21.1. The van der Waals surface area contributed by atoms with Gasteiger partial charge in [-0.2, -0.15) is 14.6 Å². The van der Waals surface area contributed by atoms with Gasteiger partial charge in [0.2, 0.25) is 0 Å². The van der Waals surface area contributed by atoms with Crippen molar-refractivity contribution >= 4 is 33.7 Å². The highest BCUT2D eigenvalue weighted by Crippen LogP contribution is 2.68. The van der Waals surface area contributed by atoms with Crippen LogP contribution in [0.4, 0.5) is 5.82 Å². The fourth-order valence-corrected chi connectivity index (χ4v) is 5.75. The van der Waals surface area contributed by atoms with E-state index in [2.05, 4.69) is 30.6 Å². The van der Waals surface area contributed by atoms with Crippen molar-refractivity contribution in [3.05, 3.63) is 42.9 Å². The first-order valence-corrected chi connectivity index (χ1v) is 11.6. The predicted octanol–water partition coefficient (Wildman–Crippen LogP) is 1.73. The lowest BCUT2D eigenvalue weighted by molar-refractivity contribution is -0.128. The summed E-state index contributed by atoms with van der Waals surface area (Å²) in [5.74, 6) is 0.971. The van der Waals surface area contributed by atoms with Gasteiger partial charge in [-0.05, 0) is 31.4 Å². The molecular formula is C24H22N8O4. The Bertz CT molecular complexity index is 1640. The van der Waals surface area contributed by atoms with Crippen LogP contribution in [0.25, 0.3) is 39.5 Å². The number of ketones is 1. The molecule has 3 N–H and O–H groups in total. The number of nitrogens with zero attached hydrogens (tertiary/aromatic N) is 7. The number of para-hydroxylation sites is 1. The first-order chi connectivity index (χ1) is 17.4. The van der Waals surface area contributed by atoms with Crippen LogP contribution in [0.3, 0.4) is 0 Å². The zero-order chi connectivity index (χ0) is 24.8. The zero-order valence-corrected chi connectivity index (χ0v) is 19.4. The molecule has 2 aliphatic carbocycles. The summed E-state index contributed by atoms with van der Waals surface area (Å²) in [7, 11) is 1.72. The minimum Gasteiger partial charge on any atom is -0.454 e. The van der Waals surface area contributed by atoms with Gasteiger partial charge in [0.1, 0.15) is 23.2 Å². The standard InChI is InChI=1S/C24H22N8O4/c1-11(33)24-8-13(24)18(19(34)20(24)35)31-10-26-17-21(25-2)27-23(28-22(17)31)32-9-14(29-30-32)16-7-12-5-3-4-6-15(12)36-16/h3-7,9-10,13,18-20,34-35H,8H2,1-2H3,(H,25,27,28)/t13?,18-,19?,20?,24+/m1/s1. The smallest absolute Gasteiger partial charge is 0.256 e. The fourth-order valence-electron chi connectivity index (χ4n) is 5.75. The van der Waals surface area contributed by atoms with Crippen molar-refractivity contribution in [1.29, 1.82) is 0 Å². The molecule has 5 atom stereocenters. The van der Waals surface area contributed by atoms with Gasteiger partial charge in [-0.1, -0.05) is 23.4 Å². The third kappa shape index (κ3) is 2.70. The Kier molecular flexibility index (Phi) is 4.22. The lowest BCUT2D eigenvalue weighted by atomic mass is 9.95. The average Bonchev–Trinajstić information content (AvgIpc) is 3.28. The highest BCUT2D eigenvalue weighted by atomic mass is 16.3. The molecule has 1 aromatic carbocycles. The fraction of sp³-hybridized carbons (Fsp3) is 0.333. The molecule has 2 fully saturated rings. The normalized spacial score (nSPS) is 27.0. The van der Waals surface area contributed by atoms with E-state index in [1.807, 2.05) is 30.3 Å². The van der Waals surface area contributed by atoms with Crippen molar-refractivity contribution in [2.45, 2.75) is 31.6 Å². The van der Waals surface area contributed by atoms with Gasteiger partial charge in [0.15, 0.2) is 22.7 Å². The summed E-state index contributed by atoms with van der Waals surface area (Å²) in [5, 5.41) is 34.0. The molecule has 0 radical (unpaired) electrons. The summed E-state index contributed by atoms with van der Waals surface area (Å²) in [6, 6.07) is 9.04. The quantitative estimate of drug-likeness (QED) is 0.334. The highest BCUT2D eigenvalue weighted by molar-refractivity contribution is 5.88. The number of carbonyl (C=O) groups excluding carboxylic acids is 1. The van der Waals surface area contributed by atoms with Gasteiger partial charge in [0.25, 0.3) is 5.95 Å². The van der Waals surface area contributed by atoms with Crippen LogP contribution in [0.15, 0.2) is 47.3 Å². The molecule has 0 aliphatic heterocycles. The molecule has 0 bridgehead atoms. The van der Waals surface area contributed by atoms with Crippen LogP contribution in [-0.4, -0.2) is 69.8 Å². The van der Waals surface area contributed by atoms with Crippen LogP contribution < -0.4 is 5.32 Å². The van der Waals surface area contributed by atoms with Gasteiger partial charge in [0, 0.05) is 12.4 Å². The van der Waals surface area contributed by atoms with Crippen LogP contribution in [-0.2, 0) is 4.79 Å². The zero-order valence-electron chi connectivity index (χ0n) is 19.4. The van der Waals surface area contributed by atoms with Gasteiger partial charge in [-0.3, -0.25) is 4.79 Å². The summed E-state index contributed by atoms with van der Waals surface area (Å²) < 4.78 is 9.07. The Hall–Kier alpha value is -4.16. The summed E-state index contributed by atoms with van der Waals surface area (Å²) in [6.45, 7) is 1.47. The van der Waals surface area contributed by atoms with E-state index in [-0.39, 0.29) is 17.6 Å². The van der Waals surface area contributed by atoms with E-state index >= 15 is 0 Å². The van der Waals surface area contributed by atoms with Crippen molar-refractivity contribution < 1.29 is 19.4 Å². The van der Waals surface area contributed by atoms with Crippen molar-refractivity contribution in [1.82, 2.24) is 34.5 Å². The largest absolute Gasteiger partial charge is 0.454 e. The molecule has 4 heterocycles. The lowest BCUT2D eigenvalue weighted by Gasteiger charge is -2.23. The van der Waals surface area contributed by atoms with Crippen molar-refractivity contribution in [2.24, 2.45) is 11.3 Å². The van der Waals surface area contributed by atoms with E-state index in [0.717, 1.165) is 11.0 Å². The number of benzene rings is 1. The van der Waals surface area contributed by atoms with E-state index in [9.17, 15) is 15.0 Å². The summed E-state index contributed by atoms with van der Waals surface area (Å²) >= 11 is 0. The molecule has 3 unspecified atom stereocenters. The van der Waals surface area contributed by atoms with Gasteiger partial charge in [-0.25, -0.2) is 4.98 Å². The molecule has 4 aromatic heterocycles. The molecule has 0 saturated heterocycles. The number of Topliss-reactive ketones (excluding diaryl/α,β-unsaturated/α-hetero) is 1. The first-order valence-electron chi connectivity index (χ1n) is 11.6. The van der Waals surface area contributed by atoms with Crippen LogP contribution in [0, 0.1) is 11.3 Å². The number of furan rings is 1. The summed E-state index contributed by atoms with van der Waals surface area (Å²) in [4.78, 5) is 26.0. The topological polar surface area (TPSA) is 157 Å². The van der Waals surface area contributed by atoms with Crippen molar-refractivity contribution in [3.8, 4) is 17.4 Å². The number of aromatic nitrogens is 7. The number of anilines is 1. The SMILES string of the molecule is CNc1nc(-n2cc(-c3cc4ccccc4o3)nn2)nc2c1ncn2[C@H]1C(O)C(O)[C@]2(C(C)=O)CC12. The van der Waals surface area contributed by atoms with Crippen molar-refractivity contribution in [3.63, 3.8) is 0 Å². The number of aliphatic hydroxyl groups excluding tert-OH is 2. The van der Waals surface area contributed by atoms with E-state index in [1.54, 1.807) is 24.1 Å². The number of hydrogen-bond acceptors (Lipinski definition) is 10. The van der Waals surface area contributed by atoms with Crippen LogP contribution in [0.2, 0.25) is 0 Å². The van der Waals surface area contributed by atoms with E-state index in [0.29, 0.717) is 34.9 Å². The van der Waals surface area contributed by atoms with Gasteiger partial charge >= 0.3 is 0 Å². The van der Waals surface area contributed by atoms with Gasteiger partial charge in [0.05, 0.1) is 30.1 Å². The Morgan fingerprint density at radius 2 is 2.08 bits per heavy atom. The third-order valence-electron chi connectivity index (χ3n) is 7.67. The van der Waals surface area contributed by atoms with Crippen LogP contribution in [0.5, 0.6) is 0 Å². The molecule has 12 nitrogen and oxygen atoms in total. The van der Waals surface area contributed by atoms with E-state index < -0.39 is 23.7 Å². The maximum atomic E-state index is 12.3. The molecule has 7 rings (SSSR count). The number of imidazole rings is 1. The summed E-state index contributed by atoms with van der Waals surface area (Å²) in [6.07, 6.45) is 1.52. The number of hydrogen-bond donors (Lipinski definition) is 3. The average molecular weight is 486 g/mol. The molecule has 36 heavy (non-hydrogen) atoms. The molecular weight excluding hydrogens is 464 g/mol. The third-order valence-corrected chi connectivity index (χ3v) is 7.67. The maximum absolute atomic E-state index is 12.3. The van der Waals surface area contributed by atoms with Crippen LogP contribution in [0.1, 0.15) is 19.4 Å². The molecule has 0 amide bonds. The van der Waals surface area contributed by atoms with Crippen molar-refractivity contribution in [2.75, 3.05) is 12.4 Å². The molecule has 2 aliphatic rings. The maximum Gasteiger partial charge on any atom is 0.256 e. The monoisotopic (exact) mass is 486 g/mol. The van der Waals surface area contributed by atoms with E-state index in [4.69, 9.17) is 4.42 Å². The van der Waals surface area contributed by atoms with Crippen LogP contribution >= 0.6 is 0 Å². The minimum atomic E-state index is -1.13. The lowest BCUT2D eigenvalue weighted by Crippen LogP contribution is -2.36. The Balaban J connectivity index is 1.31. The predicted molar refractivity (Wildman–Crippen MR) is 127 cm³/mol. The number of carbonyl (C=O) groups is 1. The molecule has 0 spiro atoms. The van der Waals surface area contributed by atoms with Gasteiger partial charge < -0.3 is 24.5 Å². The molecule has 182 valence electrons. The molecule has 12 heteroatoms. The number of fused-ring (bicyclic) bond motifs is 3. The second kappa shape index (κ2) is 7.18. The Morgan fingerprint density at radius 3 is 2.83 bits per heavy atom. The minimum absolute atomic E-state index is 0.113. The molecule has 2 saturated carbocycles. The Morgan fingerprint density at radius 1 is 1.25 bits per heavy atom. The van der Waals surface area contributed by atoms with Gasteiger partial charge in [-0.15, -0.1) is 5.10 Å². The Labute approximate surface area is 203 Å². The van der Waals surface area contributed by atoms with E-state index in [1.165, 1.54) is 11.6 Å². The number of aliphatic hydroxyl groups is 2. The number of nitrogens with one attached hydrogen (secondary N) is 1.